The van der Waals surface area contributed by atoms with Gasteiger partial charge in [0.05, 0.1) is 142 Å². The predicted molar refractivity (Wildman–Crippen MR) is 408 cm³/mol. The minimum atomic E-state index is -4.14. The molecule has 0 aliphatic carbocycles. The van der Waals surface area contributed by atoms with Crippen molar-refractivity contribution in [3.8, 4) is 0 Å². The Morgan fingerprint density at radius 2 is 0.504 bits per heavy atom. The summed E-state index contributed by atoms with van der Waals surface area (Å²) in [6.07, 6.45) is -79.5. The molecule has 24 rings (SSSR count). The van der Waals surface area contributed by atoms with Crippen LogP contribution in [0.3, 0.4) is 0 Å². The largest absolute Gasteiger partial charge is 0.391 e. The number of rotatable bonds is 31. The Hall–Kier alpha value is -2.01. The number of aliphatic hydroxyl groups is 21. The Balaban J connectivity index is 0.000000658. The van der Waals surface area contributed by atoms with Gasteiger partial charge in [-0.05, 0) is 76.2 Å². The van der Waals surface area contributed by atoms with Crippen molar-refractivity contribution in [1.82, 2.24) is 0 Å². The third kappa shape index (κ3) is 28.2. The topological polar surface area (TPSA) is 734 Å². The van der Waals surface area contributed by atoms with E-state index in [1.54, 1.807) is 27.7 Å². The molecule has 24 aliphatic rings. The molecule has 7 unspecified atom stereocenters. The van der Waals surface area contributed by atoms with Gasteiger partial charge in [0.1, 0.15) is 196 Å². The van der Waals surface area contributed by atoms with Gasteiger partial charge in [0.2, 0.25) is 5.79 Å². The van der Waals surface area contributed by atoms with E-state index in [1.807, 2.05) is 0 Å². The average molecular weight is 1880 g/mol. The zero-order chi connectivity index (χ0) is 93.4. The van der Waals surface area contributed by atoms with Crippen molar-refractivity contribution in [1.29, 1.82) is 0 Å². The van der Waals surface area contributed by atoms with E-state index in [0.717, 1.165) is 0 Å². The molecule has 23 N–H and O–H groups in total. The van der Waals surface area contributed by atoms with Crippen molar-refractivity contribution >= 4 is 10.3 Å². The van der Waals surface area contributed by atoms with E-state index in [1.165, 1.54) is 48.5 Å². The normalized spacial score (nSPS) is 45.5. The molecule has 14 bridgehead atoms. The van der Waals surface area contributed by atoms with Crippen LogP contribution in [0.1, 0.15) is 76.2 Å². The molecule has 24 saturated heterocycles. The number of nitrogens with two attached hydrogens (primary N) is 1. The molecule has 51 nitrogen and oxygen atoms in total. The van der Waals surface area contributed by atoms with Gasteiger partial charge in [-0.25, -0.2) is 5.14 Å². The van der Waals surface area contributed by atoms with E-state index >= 15 is 0 Å². The zero-order valence-electron chi connectivity index (χ0n) is 72.0. The molecular formula is C75H133NO50S. The van der Waals surface area contributed by atoms with Crippen LogP contribution in [-0.2, 0) is 138 Å². The first-order chi connectivity index (χ1) is 59.6. The number of hydrogen-bond acceptors (Lipinski definition) is 50. The van der Waals surface area contributed by atoms with E-state index < -0.39 is 350 Å². The molecule has 24 fully saturated rings. The van der Waals surface area contributed by atoms with Gasteiger partial charge in [0, 0.05) is 0 Å². The molecular weight excluding hydrogens is 1750 g/mol. The Labute approximate surface area is 731 Å². The highest BCUT2D eigenvalue weighted by molar-refractivity contribution is 7.84. The lowest BCUT2D eigenvalue weighted by atomic mass is 9.95. The van der Waals surface area contributed by atoms with Crippen molar-refractivity contribution in [2.75, 3.05) is 106 Å². The summed E-state index contributed by atoms with van der Waals surface area (Å²) in [7, 11) is -4.14. The summed E-state index contributed by atoms with van der Waals surface area (Å²) in [5, 5.41) is 245. The quantitative estimate of drug-likeness (QED) is 0.0306. The van der Waals surface area contributed by atoms with E-state index in [2.05, 4.69) is 0 Å². The van der Waals surface area contributed by atoms with Gasteiger partial charge in [-0.1, -0.05) is 0 Å². The van der Waals surface area contributed by atoms with Gasteiger partial charge in [-0.3, -0.25) is 4.18 Å². The van der Waals surface area contributed by atoms with Crippen molar-refractivity contribution in [2.24, 2.45) is 5.14 Å². The summed E-state index contributed by atoms with van der Waals surface area (Å²) in [4.78, 5) is 0. The highest BCUT2D eigenvalue weighted by atomic mass is 32.2. The summed E-state index contributed by atoms with van der Waals surface area (Å²) >= 11 is 0. The van der Waals surface area contributed by atoms with E-state index in [-0.39, 0.29) is 59.0 Å². The van der Waals surface area contributed by atoms with Crippen molar-refractivity contribution in [3.05, 3.63) is 0 Å². The number of fused-ring (bicyclic) bond motifs is 3. The van der Waals surface area contributed by atoms with Gasteiger partial charge >= 0.3 is 10.3 Å². The summed E-state index contributed by atoms with van der Waals surface area (Å²) in [5.41, 5.74) is 0. The number of hydrogen-bond donors (Lipinski definition) is 22. The third-order valence-electron chi connectivity index (χ3n) is 21.7. The van der Waals surface area contributed by atoms with Crippen LogP contribution in [0.15, 0.2) is 0 Å². The minimum absolute atomic E-state index is 0.165. The molecule has 0 radical (unpaired) electrons. The zero-order valence-corrected chi connectivity index (χ0v) is 72.8. The van der Waals surface area contributed by atoms with Gasteiger partial charge in [0.25, 0.3) is 0 Å². The van der Waals surface area contributed by atoms with Crippen LogP contribution in [0.25, 0.3) is 0 Å². The standard InChI is InChI=1S/C63H112O42.C12H21NO8S/c1-22(64)8-85-15-29-50-36(71)43(78)57(92-29)100-51-30(16-86-9-23(2)65)94-59(45(80)38(51)73)102-53-32(18-88-11-25(4)67)96-61(47(82)40(53)75)104-55-34(20-90-13-27(6)69)98-63(49(84)42(55)77)105-56-35(21-91-14-28(7)70)97-62(48(83)41(56)76)103-54-33(19-89-12-26(5)68)95-60(46(81)39(54)74)101-52-31(17-87-10-24(3)66)93-58(99-50)44(79)37(52)72;1-10(2)18-7-5-16-12(6-17-22(13,14)15)9(8(7)19-10)20-11(3,4)21-12/h22-84H,8-21H2,1-7H3;7-9H,5-6H2,1-4H3,(H2,13,14,15)/t22?,23?,24?,25?,26?,27?,28?,29-,30-,31-,32-,33-,34-,35-,36-,37-,38-,39-,40-,41-,42-,43-,44-,45-,46-,47-,48-,49-,50-,51-,52-,53-,54-,55-,56-,57-,58-,59-,60-,61-,62-,63-;7-,8-,9+,12+/m11/s1. The molecule has 744 valence electrons. The number of aliphatic hydroxyl groups excluding tert-OH is 21. The lowest BCUT2D eigenvalue weighted by Crippen LogP contribution is -2.68. The van der Waals surface area contributed by atoms with Crippen molar-refractivity contribution in [2.45, 2.75) is 370 Å². The molecule has 0 aromatic rings. The van der Waals surface area contributed by atoms with Crippen LogP contribution >= 0.6 is 0 Å². The summed E-state index contributed by atoms with van der Waals surface area (Å²) in [6.45, 7) is 9.22. The Morgan fingerprint density at radius 3 is 0.693 bits per heavy atom. The van der Waals surface area contributed by atoms with Gasteiger partial charge in [0.15, 0.2) is 55.6 Å². The maximum atomic E-state index is 12.1. The van der Waals surface area contributed by atoms with E-state index in [9.17, 15) is 116 Å². The lowest BCUT2D eigenvalue weighted by molar-refractivity contribution is -0.398. The summed E-state index contributed by atoms with van der Waals surface area (Å²) < 4.78 is 182. The Kier molecular flexibility index (Phi) is 39.5. The molecule has 24 heterocycles. The molecule has 0 aromatic heterocycles. The summed E-state index contributed by atoms with van der Waals surface area (Å²) in [5.74, 6) is -3.19. The van der Waals surface area contributed by atoms with Gasteiger partial charge in [-0.15, -0.1) is 0 Å². The van der Waals surface area contributed by atoms with Crippen molar-refractivity contribution < 1.29 is 243 Å². The van der Waals surface area contributed by atoms with Crippen LogP contribution in [0, 0.1) is 0 Å². The molecule has 0 saturated carbocycles. The second-order valence-corrected chi connectivity index (χ2v) is 35.9. The second-order valence-electron chi connectivity index (χ2n) is 34.6. The fourth-order valence-corrected chi connectivity index (χ4v) is 16.2. The first-order valence-electron chi connectivity index (χ1n) is 42.1. The van der Waals surface area contributed by atoms with Gasteiger partial charge in [-0.2, -0.15) is 8.42 Å². The predicted octanol–water partition coefficient (Wildman–Crippen LogP) is -12.8. The minimum Gasteiger partial charge on any atom is -0.391 e. The lowest BCUT2D eigenvalue weighted by Gasteiger charge is -2.50. The third-order valence-corrected chi connectivity index (χ3v) is 22.2. The fourth-order valence-electron chi connectivity index (χ4n) is 15.9. The SMILES string of the molecule is CC(O)COC[C@H]1O[C@@H]2O[C@H]3[C@H](O)[C@@H](O)[C@@H](O[C@H]4[C@H](O)[C@@H](O)[C@@H](O[C@H]5[C@H](O)[C@@H](O)[C@@H](O[C@H]6[C@H](O)[C@@H](O)[C@@H](O[C@H]7[C@H](O)[C@@H](O)[C@@H](O[C@H]8[C@H](O)[C@@H](O)[C@@H](O[C@H]1[C@H](O)[C@H]2O)O[C@@H]8COCC(C)O)O[C@@H]7COCC(C)O)O[C@@H]6COCC(C)O)O[C@@H]5COCC(C)O)O[C@@H]4COCC(C)O)O[C@@H]3COCC(C)O.CC1(C)O[C@@H]2[C@@H](CO[C@@]3(COS(N)(=O)=O)OC(C)(C)O[C@@H]23)O1. The highest BCUT2D eigenvalue weighted by Gasteiger charge is 2.67. The van der Waals surface area contributed by atoms with E-state index in [4.69, 9.17) is 132 Å². The maximum absolute atomic E-state index is 12.1. The molecule has 0 aromatic carbocycles. The molecule has 127 heavy (non-hydrogen) atoms. The first-order valence-corrected chi connectivity index (χ1v) is 43.6. The van der Waals surface area contributed by atoms with Gasteiger partial charge < -0.3 is 230 Å². The smallest absolute Gasteiger partial charge is 0.333 e. The van der Waals surface area contributed by atoms with Crippen LogP contribution < -0.4 is 5.14 Å². The number of ether oxygens (including phenoxy) is 26. The molecule has 24 aliphatic heterocycles. The molecule has 46 atom stereocenters. The maximum Gasteiger partial charge on any atom is 0.333 e. The van der Waals surface area contributed by atoms with Crippen LogP contribution in [0.4, 0.5) is 0 Å². The average Bonchev–Trinajstić information content (AvgIpc) is 1.57. The fraction of sp³-hybridized carbons (Fsp3) is 1.00. The molecule has 52 heteroatoms. The Morgan fingerprint density at radius 1 is 0.299 bits per heavy atom. The van der Waals surface area contributed by atoms with Crippen LogP contribution in [-0.4, -0.2) is 515 Å². The van der Waals surface area contributed by atoms with Crippen molar-refractivity contribution in [3.63, 3.8) is 0 Å². The Bertz CT molecular complexity index is 2900. The van der Waals surface area contributed by atoms with Crippen LogP contribution in [0.2, 0.25) is 0 Å². The van der Waals surface area contributed by atoms with E-state index in [0.29, 0.717) is 0 Å². The monoisotopic (exact) mass is 1880 g/mol. The summed E-state index contributed by atoms with van der Waals surface area (Å²) in [6, 6.07) is 0. The highest BCUT2D eigenvalue weighted by Crippen LogP contribution is 2.49. The second kappa shape index (κ2) is 46.9. The van der Waals surface area contributed by atoms with Crippen LogP contribution in [0.5, 0.6) is 0 Å². The molecule has 0 amide bonds. The molecule has 0 spiro atoms. The first kappa shape index (κ1) is 107.